The minimum Gasteiger partial charge on any atom is -0.312 e. The number of sulfonamides is 1. The number of nitrogens with zero attached hydrogens (tertiary/aromatic N) is 2. The Morgan fingerprint density at radius 1 is 1.33 bits per heavy atom. The van der Waals surface area contributed by atoms with Crippen molar-refractivity contribution in [3.63, 3.8) is 0 Å². The van der Waals surface area contributed by atoms with Crippen LogP contribution in [-0.2, 0) is 22.9 Å². The van der Waals surface area contributed by atoms with E-state index in [1.807, 2.05) is 0 Å². The van der Waals surface area contributed by atoms with Crippen molar-refractivity contribution in [3.8, 4) is 6.07 Å². The molecule has 2 heterocycles. The second kappa shape index (κ2) is 8.31. The topological polar surface area (TPSA) is 90.3 Å². The molecule has 0 saturated carbocycles. The highest BCUT2D eigenvalue weighted by atomic mass is 35.5. The van der Waals surface area contributed by atoms with Gasteiger partial charge in [-0.15, -0.1) is 11.3 Å². The fourth-order valence-corrected chi connectivity index (χ4v) is 7.42. The average Bonchev–Trinajstić information content (AvgIpc) is 3.35. The predicted molar refractivity (Wildman–Crippen MR) is 118 cm³/mol. The Kier molecular flexibility index (Phi) is 5.90. The van der Waals surface area contributed by atoms with E-state index in [1.165, 1.54) is 33.8 Å². The van der Waals surface area contributed by atoms with Crippen molar-refractivity contribution < 1.29 is 13.2 Å². The molecule has 158 valence electrons. The maximum atomic E-state index is 12.9. The fraction of sp³-hybridized carbons (Fsp3) is 0.429. The van der Waals surface area contributed by atoms with Gasteiger partial charge >= 0.3 is 0 Å². The largest absolute Gasteiger partial charge is 0.312 e. The monoisotopic (exact) mass is 463 g/mol. The number of carbonyl (C=O) groups is 1. The Balaban J connectivity index is 1.63. The number of benzene rings is 1. The standard InChI is InChI=1S/C21H22ClN3O3S2/c1-13-4-6-15-16(12-23)21(29-18(15)10-13)24-20(26)14-5-7-17(22)19(11-14)30(27,28)25-8-2-3-9-25/h5,7,11,13H,2-4,6,8-10H2,1H3,(H,24,26)/t13-/m1/s1. The van der Waals surface area contributed by atoms with Gasteiger partial charge < -0.3 is 5.32 Å². The van der Waals surface area contributed by atoms with Gasteiger partial charge in [0.1, 0.15) is 16.0 Å². The smallest absolute Gasteiger partial charge is 0.256 e. The minimum atomic E-state index is -3.75. The molecule has 0 unspecified atom stereocenters. The second-order valence-electron chi connectivity index (χ2n) is 7.88. The first-order valence-electron chi connectivity index (χ1n) is 9.97. The predicted octanol–water partition coefficient (Wildman–Crippen LogP) is 4.43. The van der Waals surface area contributed by atoms with Gasteiger partial charge in [-0.3, -0.25) is 4.79 Å². The van der Waals surface area contributed by atoms with E-state index in [0.717, 1.165) is 42.5 Å². The first kappa shape index (κ1) is 21.3. The van der Waals surface area contributed by atoms with Gasteiger partial charge in [0.2, 0.25) is 10.0 Å². The van der Waals surface area contributed by atoms with Crippen molar-refractivity contribution in [2.75, 3.05) is 18.4 Å². The molecule has 0 spiro atoms. The van der Waals surface area contributed by atoms with Crippen LogP contribution in [0.1, 0.15) is 52.5 Å². The number of rotatable bonds is 4. The molecule has 0 bridgehead atoms. The molecule has 0 radical (unpaired) electrons. The Morgan fingerprint density at radius 2 is 2.07 bits per heavy atom. The zero-order chi connectivity index (χ0) is 21.5. The van der Waals surface area contributed by atoms with Crippen LogP contribution in [0.4, 0.5) is 5.00 Å². The summed E-state index contributed by atoms with van der Waals surface area (Å²) in [6, 6.07) is 6.49. The lowest BCUT2D eigenvalue weighted by molar-refractivity contribution is 0.102. The second-order valence-corrected chi connectivity index (χ2v) is 11.3. The molecule has 1 fully saturated rings. The maximum absolute atomic E-state index is 12.9. The van der Waals surface area contributed by atoms with Crippen LogP contribution in [0.25, 0.3) is 0 Å². The molecular weight excluding hydrogens is 442 g/mol. The fourth-order valence-electron chi connectivity index (χ4n) is 4.04. The summed E-state index contributed by atoms with van der Waals surface area (Å²) in [7, 11) is -3.75. The number of nitriles is 1. The molecule has 2 aromatic rings. The molecule has 1 aromatic carbocycles. The molecule has 1 aliphatic heterocycles. The Labute approximate surface area is 185 Å². The highest BCUT2D eigenvalue weighted by Crippen LogP contribution is 2.39. The normalized spacial score (nSPS) is 19.3. The molecule has 30 heavy (non-hydrogen) atoms. The molecule has 9 heteroatoms. The summed E-state index contributed by atoms with van der Waals surface area (Å²) in [6.07, 6.45) is 4.40. The molecule has 1 aromatic heterocycles. The number of amides is 1. The Morgan fingerprint density at radius 3 is 2.77 bits per heavy atom. The number of nitrogens with one attached hydrogen (secondary N) is 1. The zero-order valence-electron chi connectivity index (χ0n) is 16.6. The van der Waals surface area contributed by atoms with Gasteiger partial charge in [0, 0.05) is 23.5 Å². The quantitative estimate of drug-likeness (QED) is 0.725. The highest BCUT2D eigenvalue weighted by Gasteiger charge is 2.30. The van der Waals surface area contributed by atoms with Crippen LogP contribution in [0, 0.1) is 17.2 Å². The van der Waals surface area contributed by atoms with Crippen LogP contribution in [0.2, 0.25) is 5.02 Å². The number of fused-ring (bicyclic) bond motifs is 1. The summed E-state index contributed by atoms with van der Waals surface area (Å²) < 4.78 is 27.2. The van der Waals surface area contributed by atoms with Gasteiger partial charge in [-0.1, -0.05) is 18.5 Å². The maximum Gasteiger partial charge on any atom is 0.256 e. The third kappa shape index (κ3) is 3.87. The molecule has 1 aliphatic carbocycles. The van der Waals surface area contributed by atoms with Crippen LogP contribution >= 0.6 is 22.9 Å². The summed E-state index contributed by atoms with van der Waals surface area (Å²) >= 11 is 7.62. The molecule has 1 N–H and O–H groups in total. The van der Waals surface area contributed by atoms with E-state index in [9.17, 15) is 18.5 Å². The van der Waals surface area contributed by atoms with E-state index in [0.29, 0.717) is 29.6 Å². The van der Waals surface area contributed by atoms with Crippen LogP contribution in [0.15, 0.2) is 23.1 Å². The first-order chi connectivity index (χ1) is 14.3. The van der Waals surface area contributed by atoms with Crippen LogP contribution in [0.5, 0.6) is 0 Å². The highest BCUT2D eigenvalue weighted by molar-refractivity contribution is 7.89. The first-order valence-corrected chi connectivity index (χ1v) is 12.6. The van der Waals surface area contributed by atoms with Gasteiger partial charge in [-0.2, -0.15) is 9.57 Å². The number of halogens is 1. The van der Waals surface area contributed by atoms with Crippen LogP contribution < -0.4 is 5.32 Å². The van der Waals surface area contributed by atoms with Crippen molar-refractivity contribution >= 4 is 43.9 Å². The molecule has 4 rings (SSSR count). The van der Waals surface area contributed by atoms with Crippen LogP contribution in [-0.4, -0.2) is 31.7 Å². The van der Waals surface area contributed by atoms with Crippen molar-refractivity contribution in [1.82, 2.24) is 4.31 Å². The molecule has 1 atom stereocenters. The third-order valence-electron chi connectivity index (χ3n) is 5.73. The van der Waals surface area contributed by atoms with E-state index in [-0.39, 0.29) is 15.5 Å². The van der Waals surface area contributed by atoms with Gasteiger partial charge in [0.15, 0.2) is 0 Å². The summed E-state index contributed by atoms with van der Waals surface area (Å²) in [5.74, 6) is 0.105. The lowest BCUT2D eigenvalue weighted by atomic mass is 9.88. The summed E-state index contributed by atoms with van der Waals surface area (Å²) in [5.41, 5.74) is 1.75. The molecular formula is C21H22ClN3O3S2. The lowest BCUT2D eigenvalue weighted by Gasteiger charge is -2.17. The minimum absolute atomic E-state index is 0.0569. The van der Waals surface area contributed by atoms with E-state index < -0.39 is 15.9 Å². The number of carbonyl (C=O) groups excluding carboxylic acids is 1. The Bertz CT molecular complexity index is 1140. The van der Waals surface area contributed by atoms with Crippen molar-refractivity contribution in [1.29, 1.82) is 5.26 Å². The van der Waals surface area contributed by atoms with E-state index in [4.69, 9.17) is 11.6 Å². The number of anilines is 1. The molecule has 2 aliphatic rings. The number of hydrogen-bond acceptors (Lipinski definition) is 5. The molecule has 6 nitrogen and oxygen atoms in total. The van der Waals surface area contributed by atoms with Gasteiger partial charge in [-0.25, -0.2) is 8.42 Å². The summed E-state index contributed by atoms with van der Waals surface area (Å²) in [6.45, 7) is 3.10. The van der Waals surface area contributed by atoms with Gasteiger partial charge in [-0.05, 0) is 61.8 Å². The SMILES string of the molecule is C[C@@H]1CCc2c(sc(NC(=O)c3ccc(Cl)c(S(=O)(=O)N4CCCC4)c3)c2C#N)C1. The zero-order valence-corrected chi connectivity index (χ0v) is 19.0. The van der Waals surface area contributed by atoms with E-state index in [1.54, 1.807) is 0 Å². The summed E-state index contributed by atoms with van der Waals surface area (Å²) in [5, 5.41) is 13.1. The molecule has 1 amide bonds. The number of thiophene rings is 1. The van der Waals surface area contributed by atoms with E-state index >= 15 is 0 Å². The average molecular weight is 464 g/mol. The van der Waals surface area contributed by atoms with Gasteiger partial charge in [0.05, 0.1) is 10.6 Å². The number of hydrogen-bond donors (Lipinski definition) is 1. The van der Waals surface area contributed by atoms with Gasteiger partial charge in [0.25, 0.3) is 5.91 Å². The Hall–Kier alpha value is -1.92. The third-order valence-corrected chi connectivity index (χ3v) is 9.28. The van der Waals surface area contributed by atoms with Crippen molar-refractivity contribution in [2.24, 2.45) is 5.92 Å². The van der Waals surface area contributed by atoms with Crippen LogP contribution in [0.3, 0.4) is 0 Å². The summed E-state index contributed by atoms with van der Waals surface area (Å²) in [4.78, 5) is 14.0. The molecule has 1 saturated heterocycles. The van der Waals surface area contributed by atoms with E-state index in [2.05, 4.69) is 18.3 Å². The van der Waals surface area contributed by atoms with Crippen molar-refractivity contribution in [3.05, 3.63) is 44.8 Å². The lowest BCUT2D eigenvalue weighted by Crippen LogP contribution is -2.28. The van der Waals surface area contributed by atoms with Crippen molar-refractivity contribution in [2.45, 2.75) is 43.9 Å².